The van der Waals surface area contributed by atoms with Crippen LogP contribution in [0.4, 0.5) is 13.2 Å². The second kappa shape index (κ2) is 14.2. The van der Waals surface area contributed by atoms with Gasteiger partial charge in [0.15, 0.2) is 22.0 Å². The van der Waals surface area contributed by atoms with E-state index in [2.05, 4.69) is 27.6 Å². The lowest BCUT2D eigenvalue weighted by Gasteiger charge is -2.26. The van der Waals surface area contributed by atoms with Gasteiger partial charge in [0, 0.05) is 10.0 Å². The lowest BCUT2D eigenvalue weighted by molar-refractivity contribution is -0.140. The van der Waals surface area contributed by atoms with Crippen LogP contribution < -0.4 is 24.4 Å². The Hall–Kier alpha value is -3.33. The molecule has 5 rings (SSSR count). The predicted molar refractivity (Wildman–Crippen MR) is 178 cm³/mol. The van der Waals surface area contributed by atoms with Crippen LogP contribution in [0.1, 0.15) is 36.6 Å². The molecule has 46 heavy (non-hydrogen) atoms. The number of ether oxygens (including phenoxy) is 3. The van der Waals surface area contributed by atoms with E-state index in [9.17, 15) is 22.8 Å². The normalized spacial score (nSPS) is 15.0. The lowest BCUT2D eigenvalue weighted by atomic mass is 9.95. The number of nitrogens with zero attached hydrogens (tertiary/aromatic N) is 2. The minimum absolute atomic E-state index is 0.0928. The Balaban J connectivity index is 1.65. The summed E-state index contributed by atoms with van der Waals surface area (Å²) in [6.45, 7) is 3.67. The average molecular weight is 803 g/mol. The molecule has 0 spiro atoms. The zero-order valence-electron chi connectivity index (χ0n) is 24.2. The van der Waals surface area contributed by atoms with Gasteiger partial charge in [-0.1, -0.05) is 58.8 Å². The monoisotopic (exact) mass is 802 g/mol. The number of allylic oxidation sites excluding steroid dienone is 1. The number of hydrogen-bond donors (Lipinski definition) is 0. The molecule has 0 amide bonds. The van der Waals surface area contributed by atoms with Gasteiger partial charge in [-0.25, -0.2) is 9.79 Å². The first-order valence-electron chi connectivity index (χ1n) is 13.8. The van der Waals surface area contributed by atoms with Gasteiger partial charge in [0.05, 0.1) is 32.9 Å². The molecule has 14 heteroatoms. The number of benzene rings is 3. The molecule has 1 aliphatic heterocycles. The number of thiazole rings is 1. The molecule has 3 aromatic carbocycles. The highest BCUT2D eigenvalue weighted by molar-refractivity contribution is 14.1. The quantitative estimate of drug-likeness (QED) is 0.132. The summed E-state index contributed by atoms with van der Waals surface area (Å²) in [6.07, 6.45) is -3.47. The summed E-state index contributed by atoms with van der Waals surface area (Å²) in [6, 6.07) is 15.1. The Labute approximate surface area is 288 Å². The SMILES string of the molecule is CCOC(=O)C1=C(C(F)(F)F)N=c2s/c(=C\c3cc(I)c(OCc4cccc(Cl)c4)c(OCC)c3)c(=O)n2[C@H]1c1ccc(Cl)cc1. The van der Waals surface area contributed by atoms with Gasteiger partial charge in [0.25, 0.3) is 5.56 Å². The second-order valence-corrected chi connectivity index (χ2v) is 12.8. The van der Waals surface area contributed by atoms with Gasteiger partial charge >= 0.3 is 12.1 Å². The Kier molecular flexibility index (Phi) is 10.5. The van der Waals surface area contributed by atoms with Gasteiger partial charge in [-0.15, -0.1) is 0 Å². The van der Waals surface area contributed by atoms with Crippen LogP contribution in [0.15, 0.2) is 81.7 Å². The fourth-order valence-corrected chi connectivity index (χ4v) is 6.93. The molecule has 0 bridgehead atoms. The third-order valence-corrected chi connectivity index (χ3v) is 8.95. The van der Waals surface area contributed by atoms with Crippen LogP contribution in [0.25, 0.3) is 6.08 Å². The molecule has 1 atom stereocenters. The maximum absolute atomic E-state index is 14.4. The minimum atomic E-state index is -5.01. The van der Waals surface area contributed by atoms with Crippen molar-refractivity contribution in [1.82, 2.24) is 4.57 Å². The summed E-state index contributed by atoms with van der Waals surface area (Å²) in [5.74, 6) is -0.326. The van der Waals surface area contributed by atoms with Gasteiger partial charge in [0.2, 0.25) is 0 Å². The highest BCUT2D eigenvalue weighted by Gasteiger charge is 2.45. The topological polar surface area (TPSA) is 79.1 Å². The number of esters is 1. The van der Waals surface area contributed by atoms with Gasteiger partial charge in [0.1, 0.15) is 6.61 Å². The Morgan fingerprint density at radius 1 is 1.04 bits per heavy atom. The third kappa shape index (κ3) is 7.29. The Morgan fingerprint density at radius 2 is 1.78 bits per heavy atom. The number of alkyl halides is 3. The lowest BCUT2D eigenvalue weighted by Crippen LogP contribution is -2.41. The third-order valence-electron chi connectivity index (χ3n) is 6.68. The summed E-state index contributed by atoms with van der Waals surface area (Å²) in [5.41, 5.74) is -1.23. The molecular weight excluding hydrogens is 779 g/mol. The maximum Gasteiger partial charge on any atom is 0.434 e. The summed E-state index contributed by atoms with van der Waals surface area (Å²) >= 11 is 15.0. The molecule has 0 saturated heterocycles. The highest BCUT2D eigenvalue weighted by Crippen LogP contribution is 2.39. The Morgan fingerprint density at radius 3 is 2.43 bits per heavy atom. The van der Waals surface area contributed by atoms with Crippen LogP contribution in [0.5, 0.6) is 11.5 Å². The summed E-state index contributed by atoms with van der Waals surface area (Å²) in [4.78, 5) is 30.5. The molecule has 4 aromatic rings. The molecule has 7 nitrogen and oxygen atoms in total. The van der Waals surface area contributed by atoms with Crippen molar-refractivity contribution in [2.24, 2.45) is 4.99 Å². The molecule has 0 aliphatic carbocycles. The molecule has 0 radical (unpaired) electrons. The maximum atomic E-state index is 14.4. The van der Waals surface area contributed by atoms with Crippen molar-refractivity contribution in [3.63, 3.8) is 0 Å². The van der Waals surface area contributed by atoms with E-state index in [-0.39, 0.29) is 28.1 Å². The van der Waals surface area contributed by atoms with Crippen molar-refractivity contribution < 1.29 is 32.2 Å². The smallest absolute Gasteiger partial charge is 0.434 e. The van der Waals surface area contributed by atoms with Crippen molar-refractivity contribution >= 4 is 69.2 Å². The van der Waals surface area contributed by atoms with Crippen LogP contribution in [-0.2, 0) is 16.1 Å². The fraction of sp³-hybridized carbons (Fsp3) is 0.219. The van der Waals surface area contributed by atoms with E-state index in [0.717, 1.165) is 21.5 Å². The molecule has 0 fully saturated rings. The summed E-state index contributed by atoms with van der Waals surface area (Å²) in [7, 11) is 0. The second-order valence-electron chi connectivity index (χ2n) is 9.80. The first kappa shape index (κ1) is 34.0. The molecule has 1 aromatic heterocycles. The van der Waals surface area contributed by atoms with E-state index in [1.807, 2.05) is 19.1 Å². The standard InChI is InChI=1S/C32H24Cl2F3IN2O5S/c1-3-43-23-14-18(13-22(38)27(23)45-16-17-6-5-7-21(34)12-17)15-24-29(41)40-26(19-8-10-20(33)11-9-19)25(30(42)44-4-2)28(32(35,36)37)39-31(40)46-24/h5-15,26H,3-4,16H2,1-2H3/b24-15-/t26-/m0/s1. The van der Waals surface area contributed by atoms with Gasteiger partial charge < -0.3 is 14.2 Å². The van der Waals surface area contributed by atoms with Crippen molar-refractivity contribution in [3.8, 4) is 11.5 Å². The Bertz CT molecular complexity index is 2010. The molecule has 2 heterocycles. The molecule has 0 unspecified atom stereocenters. The number of halogens is 6. The number of rotatable bonds is 9. The number of fused-ring (bicyclic) bond motifs is 1. The predicted octanol–water partition coefficient (Wildman–Crippen LogP) is 7.23. The van der Waals surface area contributed by atoms with Crippen LogP contribution in [0.3, 0.4) is 0 Å². The first-order chi connectivity index (χ1) is 21.9. The molecule has 0 saturated carbocycles. The molecular formula is C32H24Cl2F3IN2O5S. The van der Waals surface area contributed by atoms with Gasteiger partial charge in [-0.3, -0.25) is 9.36 Å². The largest absolute Gasteiger partial charge is 0.490 e. The van der Waals surface area contributed by atoms with Gasteiger partial charge in [-0.05, 0) is 95.6 Å². The summed E-state index contributed by atoms with van der Waals surface area (Å²) < 4.78 is 61.9. The number of hydrogen-bond acceptors (Lipinski definition) is 7. The van der Waals surface area contributed by atoms with E-state index in [4.69, 9.17) is 37.4 Å². The van der Waals surface area contributed by atoms with E-state index in [1.54, 1.807) is 24.3 Å². The van der Waals surface area contributed by atoms with Crippen molar-refractivity contribution in [3.05, 3.63) is 122 Å². The molecule has 1 aliphatic rings. The van der Waals surface area contributed by atoms with Crippen LogP contribution in [0.2, 0.25) is 10.0 Å². The molecule has 0 N–H and O–H groups in total. The average Bonchev–Trinajstić information content (AvgIpc) is 3.30. The van der Waals surface area contributed by atoms with E-state index in [1.165, 1.54) is 37.3 Å². The number of carbonyl (C=O) groups is 1. The minimum Gasteiger partial charge on any atom is -0.490 e. The van der Waals surface area contributed by atoms with Crippen molar-refractivity contribution in [2.45, 2.75) is 32.7 Å². The van der Waals surface area contributed by atoms with Crippen molar-refractivity contribution in [1.29, 1.82) is 0 Å². The van der Waals surface area contributed by atoms with Crippen LogP contribution in [0, 0.1) is 3.57 Å². The van der Waals surface area contributed by atoms with Crippen molar-refractivity contribution in [2.75, 3.05) is 13.2 Å². The number of aromatic nitrogens is 1. The van der Waals surface area contributed by atoms with Crippen LogP contribution >= 0.6 is 57.1 Å². The molecule has 240 valence electrons. The van der Waals surface area contributed by atoms with E-state index >= 15 is 0 Å². The fourth-order valence-electron chi connectivity index (χ4n) is 4.81. The zero-order chi connectivity index (χ0) is 33.2. The van der Waals surface area contributed by atoms with E-state index in [0.29, 0.717) is 37.3 Å². The van der Waals surface area contributed by atoms with Crippen LogP contribution in [-0.4, -0.2) is 29.9 Å². The summed E-state index contributed by atoms with van der Waals surface area (Å²) in [5, 5.41) is 0.904. The first-order valence-corrected chi connectivity index (χ1v) is 16.5. The zero-order valence-corrected chi connectivity index (χ0v) is 28.6. The number of carbonyl (C=O) groups excluding carboxylic acids is 1. The highest BCUT2D eigenvalue weighted by atomic mass is 127. The van der Waals surface area contributed by atoms with E-state index < -0.39 is 35.0 Å². The van der Waals surface area contributed by atoms with Gasteiger partial charge in [-0.2, -0.15) is 13.2 Å².